The first-order valence-corrected chi connectivity index (χ1v) is 2.55. The van der Waals surface area contributed by atoms with Crippen molar-refractivity contribution in [2.75, 3.05) is 13.7 Å². The molecule has 3 nitrogen and oxygen atoms in total. The van der Waals surface area contributed by atoms with E-state index < -0.39 is 12.1 Å². The van der Waals surface area contributed by atoms with Crippen molar-refractivity contribution >= 4 is 5.97 Å². The average Bonchev–Trinajstić information content (AvgIpc) is 1.87. The van der Waals surface area contributed by atoms with Crippen molar-refractivity contribution in [1.29, 1.82) is 0 Å². The van der Waals surface area contributed by atoms with Gasteiger partial charge in [-0.05, 0) is 0 Å². The molecule has 54 valence electrons. The Kier molecular flexibility index (Phi) is 3.96. The molecule has 0 aliphatic heterocycles. The van der Waals surface area contributed by atoms with Crippen LogP contribution in [0.3, 0.4) is 0 Å². The molecule has 1 unspecified atom stereocenters. The fourth-order valence-electron chi connectivity index (χ4n) is 0.359. The lowest BCUT2D eigenvalue weighted by atomic mass is 10.3. The van der Waals surface area contributed by atoms with E-state index in [-0.39, 0.29) is 13.0 Å². The third-order valence-electron chi connectivity index (χ3n) is 0.839. The van der Waals surface area contributed by atoms with Crippen LogP contribution in [-0.2, 0) is 9.53 Å². The molecule has 0 radical (unpaired) electrons. The number of esters is 1. The summed E-state index contributed by atoms with van der Waals surface area (Å²) in [5.74, 6) is -0.927. The Balaban J connectivity index is 3.45. The number of aliphatic hydroxyl groups excluding tert-OH is 1. The molecular weight excluding hydrogens is 127 g/mol. The normalized spacial score (nSPS) is 12.8. The molecule has 1 N–H and O–H groups in total. The minimum atomic E-state index is -1.68. The van der Waals surface area contributed by atoms with E-state index in [1.165, 1.54) is 0 Å². The summed E-state index contributed by atoms with van der Waals surface area (Å²) < 4.78 is 16.2. The SMILES string of the molecule is COC(=O)C(F)CCO. The van der Waals surface area contributed by atoms with Gasteiger partial charge in [-0.3, -0.25) is 0 Å². The molecule has 0 aromatic rings. The van der Waals surface area contributed by atoms with Gasteiger partial charge in [0.1, 0.15) is 0 Å². The maximum Gasteiger partial charge on any atom is 0.340 e. The number of ether oxygens (including phenoxy) is 1. The largest absolute Gasteiger partial charge is 0.467 e. The Hall–Kier alpha value is -0.640. The average molecular weight is 136 g/mol. The molecule has 0 bridgehead atoms. The highest BCUT2D eigenvalue weighted by Crippen LogP contribution is 1.97. The number of carbonyl (C=O) groups excluding carboxylic acids is 1. The summed E-state index contributed by atoms with van der Waals surface area (Å²) in [5.41, 5.74) is 0. The Bertz CT molecular complexity index is 94.2. The third kappa shape index (κ3) is 3.03. The first-order chi connectivity index (χ1) is 4.22. The van der Waals surface area contributed by atoms with E-state index in [1.807, 2.05) is 0 Å². The van der Waals surface area contributed by atoms with Gasteiger partial charge in [0.05, 0.1) is 7.11 Å². The first kappa shape index (κ1) is 8.36. The van der Waals surface area contributed by atoms with Crippen LogP contribution in [0.25, 0.3) is 0 Å². The molecule has 9 heavy (non-hydrogen) atoms. The van der Waals surface area contributed by atoms with Gasteiger partial charge < -0.3 is 9.84 Å². The van der Waals surface area contributed by atoms with Gasteiger partial charge >= 0.3 is 5.97 Å². The minimum Gasteiger partial charge on any atom is -0.467 e. The fourth-order valence-corrected chi connectivity index (χ4v) is 0.359. The summed E-state index contributed by atoms with van der Waals surface area (Å²) in [6.07, 6.45) is -1.87. The van der Waals surface area contributed by atoms with Crippen molar-refractivity contribution in [2.24, 2.45) is 0 Å². The predicted molar refractivity (Wildman–Crippen MR) is 28.6 cm³/mol. The number of aliphatic hydroxyl groups is 1. The maximum absolute atomic E-state index is 12.2. The molecule has 0 aliphatic rings. The first-order valence-electron chi connectivity index (χ1n) is 2.55. The Labute approximate surface area is 52.4 Å². The van der Waals surface area contributed by atoms with Gasteiger partial charge in [0, 0.05) is 13.0 Å². The van der Waals surface area contributed by atoms with Gasteiger partial charge in [0.15, 0.2) is 6.17 Å². The Morgan fingerprint density at radius 2 is 2.44 bits per heavy atom. The summed E-state index contributed by atoms with van der Waals surface area (Å²) in [6, 6.07) is 0. The molecule has 0 saturated carbocycles. The van der Waals surface area contributed by atoms with Gasteiger partial charge in [-0.25, -0.2) is 9.18 Å². The summed E-state index contributed by atoms with van der Waals surface area (Å²) in [4.78, 5) is 10.2. The molecule has 0 aliphatic carbocycles. The molecule has 0 heterocycles. The lowest BCUT2D eigenvalue weighted by Gasteiger charge is -2.01. The fraction of sp³-hybridized carbons (Fsp3) is 0.800. The van der Waals surface area contributed by atoms with Crippen molar-refractivity contribution in [3.8, 4) is 0 Å². The standard InChI is InChI=1S/C5H9FO3/c1-9-5(8)4(6)2-3-7/h4,7H,2-3H2,1H3. The molecule has 1 atom stereocenters. The van der Waals surface area contributed by atoms with Gasteiger partial charge in [-0.1, -0.05) is 0 Å². The summed E-state index contributed by atoms with van der Waals surface area (Å²) in [7, 11) is 1.10. The summed E-state index contributed by atoms with van der Waals surface area (Å²) in [5, 5.41) is 8.13. The zero-order chi connectivity index (χ0) is 7.28. The topological polar surface area (TPSA) is 46.5 Å². The summed E-state index contributed by atoms with van der Waals surface area (Å²) >= 11 is 0. The highest BCUT2D eigenvalue weighted by atomic mass is 19.1. The second-order valence-electron chi connectivity index (χ2n) is 1.50. The molecule has 0 rings (SSSR count). The van der Waals surface area contributed by atoms with E-state index >= 15 is 0 Å². The van der Waals surface area contributed by atoms with Crippen molar-refractivity contribution in [3.63, 3.8) is 0 Å². The van der Waals surface area contributed by atoms with Crippen LogP contribution in [0.1, 0.15) is 6.42 Å². The second kappa shape index (κ2) is 4.26. The highest BCUT2D eigenvalue weighted by molar-refractivity contribution is 5.74. The third-order valence-corrected chi connectivity index (χ3v) is 0.839. The van der Waals surface area contributed by atoms with E-state index in [0.717, 1.165) is 7.11 Å². The van der Waals surface area contributed by atoms with Crippen LogP contribution in [0.5, 0.6) is 0 Å². The van der Waals surface area contributed by atoms with Crippen LogP contribution in [0.15, 0.2) is 0 Å². The summed E-state index contributed by atoms with van der Waals surface area (Å²) in [6.45, 7) is -0.337. The second-order valence-corrected chi connectivity index (χ2v) is 1.50. The lowest BCUT2D eigenvalue weighted by Crippen LogP contribution is -2.18. The Morgan fingerprint density at radius 3 is 2.78 bits per heavy atom. The highest BCUT2D eigenvalue weighted by Gasteiger charge is 2.15. The van der Waals surface area contributed by atoms with Crippen molar-refractivity contribution in [2.45, 2.75) is 12.6 Å². The van der Waals surface area contributed by atoms with Gasteiger partial charge in [-0.2, -0.15) is 0 Å². The molecule has 0 saturated heterocycles. The lowest BCUT2D eigenvalue weighted by molar-refractivity contribution is -0.147. The maximum atomic E-state index is 12.2. The molecule has 0 fully saturated rings. The molecule has 0 spiro atoms. The van der Waals surface area contributed by atoms with Crippen LogP contribution < -0.4 is 0 Å². The van der Waals surface area contributed by atoms with E-state index in [4.69, 9.17) is 5.11 Å². The zero-order valence-corrected chi connectivity index (χ0v) is 5.13. The zero-order valence-electron chi connectivity index (χ0n) is 5.13. The molecule has 0 amide bonds. The van der Waals surface area contributed by atoms with Crippen molar-refractivity contribution in [1.82, 2.24) is 0 Å². The van der Waals surface area contributed by atoms with E-state index in [1.54, 1.807) is 0 Å². The quantitative estimate of drug-likeness (QED) is 0.550. The molecule has 0 aromatic heterocycles. The predicted octanol–water partition coefficient (Wildman–Crippen LogP) is -0.120. The van der Waals surface area contributed by atoms with E-state index in [0.29, 0.717) is 0 Å². The monoisotopic (exact) mass is 136 g/mol. The van der Waals surface area contributed by atoms with Crippen LogP contribution in [-0.4, -0.2) is 31.0 Å². The minimum absolute atomic E-state index is 0.188. The Morgan fingerprint density at radius 1 is 1.89 bits per heavy atom. The number of methoxy groups -OCH3 is 1. The van der Waals surface area contributed by atoms with Crippen LogP contribution in [0.4, 0.5) is 4.39 Å². The van der Waals surface area contributed by atoms with Crippen LogP contribution >= 0.6 is 0 Å². The number of rotatable bonds is 3. The number of carbonyl (C=O) groups is 1. The van der Waals surface area contributed by atoms with Crippen LogP contribution in [0.2, 0.25) is 0 Å². The number of hydrogen-bond donors (Lipinski definition) is 1. The van der Waals surface area contributed by atoms with Crippen LogP contribution in [0, 0.1) is 0 Å². The van der Waals surface area contributed by atoms with E-state index in [9.17, 15) is 9.18 Å². The smallest absolute Gasteiger partial charge is 0.340 e. The van der Waals surface area contributed by atoms with Gasteiger partial charge in [-0.15, -0.1) is 0 Å². The van der Waals surface area contributed by atoms with Crippen molar-refractivity contribution < 1.29 is 19.0 Å². The van der Waals surface area contributed by atoms with Crippen molar-refractivity contribution in [3.05, 3.63) is 0 Å². The van der Waals surface area contributed by atoms with Gasteiger partial charge in [0.2, 0.25) is 0 Å². The molecule has 0 aromatic carbocycles. The molecule has 4 heteroatoms. The number of halogens is 1. The van der Waals surface area contributed by atoms with Gasteiger partial charge in [0.25, 0.3) is 0 Å². The van der Waals surface area contributed by atoms with E-state index in [2.05, 4.69) is 4.74 Å². The molecular formula is C5H9FO3. The number of alkyl halides is 1. The number of hydrogen-bond acceptors (Lipinski definition) is 3.